The van der Waals surface area contributed by atoms with Crippen LogP contribution in [-0.2, 0) is 0 Å². The Kier molecular flexibility index (Phi) is 4.96. The van der Waals surface area contributed by atoms with Gasteiger partial charge in [-0.3, -0.25) is 4.79 Å². The first-order valence-electron chi connectivity index (χ1n) is 8.77. The molecule has 0 N–H and O–H groups in total. The highest BCUT2D eigenvalue weighted by Gasteiger charge is 2.29. The number of rotatable bonds is 4. The third-order valence-corrected chi connectivity index (χ3v) is 4.49. The molecule has 28 heavy (non-hydrogen) atoms. The summed E-state index contributed by atoms with van der Waals surface area (Å²) >= 11 is 0. The van der Waals surface area contributed by atoms with E-state index in [-0.39, 0.29) is 23.6 Å². The fourth-order valence-electron chi connectivity index (χ4n) is 3.10. The molecule has 1 fully saturated rings. The summed E-state index contributed by atoms with van der Waals surface area (Å²) in [5.41, 5.74) is 0.316. The van der Waals surface area contributed by atoms with Gasteiger partial charge in [-0.2, -0.15) is 9.37 Å². The minimum absolute atomic E-state index is 0.000826. The first-order valence-corrected chi connectivity index (χ1v) is 8.77. The highest BCUT2D eigenvalue weighted by Crippen LogP contribution is 2.29. The predicted molar refractivity (Wildman–Crippen MR) is 92.8 cm³/mol. The lowest BCUT2D eigenvalue weighted by molar-refractivity contribution is 0.0695. The van der Waals surface area contributed by atoms with E-state index < -0.39 is 11.8 Å². The second-order valence-corrected chi connectivity index (χ2v) is 6.41. The number of benzene rings is 1. The van der Waals surface area contributed by atoms with Gasteiger partial charge in [0, 0.05) is 19.3 Å². The van der Waals surface area contributed by atoms with E-state index in [1.807, 2.05) is 0 Å². The molecule has 4 rings (SSSR count). The molecule has 144 valence electrons. The molecule has 1 aliphatic heterocycles. The van der Waals surface area contributed by atoms with Crippen molar-refractivity contribution in [2.24, 2.45) is 0 Å². The van der Waals surface area contributed by atoms with Crippen molar-refractivity contribution >= 4 is 5.91 Å². The molecule has 2 aromatic heterocycles. The number of para-hydroxylation sites is 1. The van der Waals surface area contributed by atoms with Gasteiger partial charge in [0.15, 0.2) is 11.6 Å². The fraction of sp³-hybridized carbons (Fsp3) is 0.263. The van der Waals surface area contributed by atoms with E-state index in [9.17, 15) is 13.6 Å². The number of carbonyl (C=O) groups is 1. The Hall–Kier alpha value is -3.36. The van der Waals surface area contributed by atoms with Crippen LogP contribution in [0.2, 0.25) is 0 Å². The van der Waals surface area contributed by atoms with Crippen molar-refractivity contribution in [2.75, 3.05) is 13.1 Å². The number of aromatic nitrogens is 3. The van der Waals surface area contributed by atoms with E-state index >= 15 is 0 Å². The Bertz CT molecular complexity index is 977. The minimum Gasteiger partial charge on any atom is -0.419 e. The zero-order valence-corrected chi connectivity index (χ0v) is 14.7. The average molecular weight is 386 g/mol. The van der Waals surface area contributed by atoms with Crippen LogP contribution in [0.15, 0.2) is 47.1 Å². The van der Waals surface area contributed by atoms with Gasteiger partial charge in [0.25, 0.3) is 5.91 Å². The zero-order chi connectivity index (χ0) is 19.5. The SMILES string of the molecule is O=C(c1ccc(F)nc1)N1CCCC(c2nc(Oc3ccccc3F)no2)C1. The molecule has 0 spiro atoms. The number of ether oxygens (including phenoxy) is 1. The molecule has 9 heteroatoms. The summed E-state index contributed by atoms with van der Waals surface area (Å²) in [4.78, 5) is 21.9. The van der Waals surface area contributed by atoms with Crippen molar-refractivity contribution in [1.29, 1.82) is 0 Å². The van der Waals surface area contributed by atoms with Crippen molar-refractivity contribution in [1.82, 2.24) is 20.0 Å². The van der Waals surface area contributed by atoms with Crippen LogP contribution < -0.4 is 4.74 Å². The van der Waals surface area contributed by atoms with Crippen LogP contribution >= 0.6 is 0 Å². The van der Waals surface area contributed by atoms with E-state index in [0.29, 0.717) is 24.5 Å². The number of halogens is 2. The van der Waals surface area contributed by atoms with Crippen LogP contribution in [0.5, 0.6) is 11.8 Å². The number of hydrogen-bond acceptors (Lipinski definition) is 6. The Labute approximate surface area is 159 Å². The summed E-state index contributed by atoms with van der Waals surface area (Å²) in [6.07, 6.45) is 2.72. The van der Waals surface area contributed by atoms with E-state index in [1.165, 1.54) is 24.4 Å². The van der Waals surface area contributed by atoms with Crippen molar-refractivity contribution in [3.8, 4) is 11.8 Å². The number of nitrogens with zero attached hydrogens (tertiary/aromatic N) is 4. The second kappa shape index (κ2) is 7.71. The molecule has 0 saturated carbocycles. The first-order chi connectivity index (χ1) is 13.6. The summed E-state index contributed by atoms with van der Waals surface area (Å²) in [6.45, 7) is 0.941. The Balaban J connectivity index is 1.45. The Morgan fingerprint density at radius 2 is 2.07 bits per heavy atom. The van der Waals surface area contributed by atoms with E-state index in [4.69, 9.17) is 9.26 Å². The maximum atomic E-state index is 13.7. The molecule has 1 unspecified atom stereocenters. The average Bonchev–Trinajstić information content (AvgIpc) is 3.19. The van der Waals surface area contributed by atoms with Gasteiger partial charge in [-0.05, 0) is 42.3 Å². The van der Waals surface area contributed by atoms with E-state index in [1.54, 1.807) is 17.0 Å². The summed E-state index contributed by atoms with van der Waals surface area (Å²) in [6, 6.07) is 8.38. The van der Waals surface area contributed by atoms with Gasteiger partial charge in [-0.1, -0.05) is 12.1 Å². The van der Waals surface area contributed by atoms with Crippen LogP contribution in [0, 0.1) is 11.8 Å². The smallest absolute Gasteiger partial charge is 0.359 e. The largest absolute Gasteiger partial charge is 0.419 e. The number of piperidine rings is 1. The monoisotopic (exact) mass is 386 g/mol. The molecule has 0 bridgehead atoms. The molecular formula is C19H16F2N4O3. The molecule has 1 aliphatic rings. The molecule has 1 amide bonds. The molecule has 1 aromatic carbocycles. The van der Waals surface area contributed by atoms with Crippen molar-refractivity contribution in [3.63, 3.8) is 0 Å². The van der Waals surface area contributed by atoms with Crippen molar-refractivity contribution < 1.29 is 22.8 Å². The first kappa shape index (κ1) is 18.0. The molecule has 1 saturated heterocycles. The van der Waals surface area contributed by atoms with Gasteiger partial charge in [-0.25, -0.2) is 9.37 Å². The maximum absolute atomic E-state index is 13.7. The van der Waals surface area contributed by atoms with Crippen LogP contribution in [0.1, 0.15) is 35.0 Å². The molecule has 0 aliphatic carbocycles. The topological polar surface area (TPSA) is 81.4 Å². The van der Waals surface area contributed by atoms with E-state index in [0.717, 1.165) is 18.9 Å². The standard InChI is InChI=1S/C19H16F2N4O3/c20-14-5-1-2-6-15(14)27-19-23-17(28-24-19)13-4-3-9-25(11-13)18(26)12-7-8-16(21)22-10-12/h1-2,5-8,10,13H,3-4,9,11H2. The number of hydrogen-bond donors (Lipinski definition) is 0. The highest BCUT2D eigenvalue weighted by molar-refractivity contribution is 5.94. The molecule has 7 nitrogen and oxygen atoms in total. The molecule has 0 radical (unpaired) electrons. The fourth-order valence-corrected chi connectivity index (χ4v) is 3.10. The van der Waals surface area contributed by atoms with Crippen LogP contribution in [0.3, 0.4) is 0 Å². The lowest BCUT2D eigenvalue weighted by Gasteiger charge is -2.30. The number of likely N-dealkylation sites (tertiary alicyclic amines) is 1. The zero-order valence-electron chi connectivity index (χ0n) is 14.7. The molecule has 3 aromatic rings. The van der Waals surface area contributed by atoms with E-state index in [2.05, 4.69) is 15.1 Å². The van der Waals surface area contributed by atoms with Gasteiger partial charge in [0.2, 0.25) is 11.8 Å². The molecule has 3 heterocycles. The van der Waals surface area contributed by atoms with Crippen LogP contribution in [-0.4, -0.2) is 39.0 Å². The van der Waals surface area contributed by atoms with Crippen molar-refractivity contribution in [2.45, 2.75) is 18.8 Å². The third kappa shape index (κ3) is 3.83. The number of carbonyl (C=O) groups excluding carboxylic acids is 1. The third-order valence-electron chi connectivity index (χ3n) is 4.49. The van der Waals surface area contributed by atoms with Gasteiger partial charge < -0.3 is 14.2 Å². The van der Waals surface area contributed by atoms with Gasteiger partial charge in [0.1, 0.15) is 0 Å². The molecule has 1 atom stereocenters. The molecular weight excluding hydrogens is 370 g/mol. The Morgan fingerprint density at radius 3 is 2.86 bits per heavy atom. The number of amides is 1. The summed E-state index contributed by atoms with van der Waals surface area (Å²) < 4.78 is 37.2. The van der Waals surface area contributed by atoms with Gasteiger partial charge in [0.05, 0.1) is 11.5 Å². The predicted octanol–water partition coefficient (Wildman–Crippen LogP) is 3.55. The van der Waals surface area contributed by atoms with Crippen LogP contribution in [0.25, 0.3) is 0 Å². The summed E-state index contributed by atoms with van der Waals surface area (Å²) in [7, 11) is 0. The quantitative estimate of drug-likeness (QED) is 0.638. The van der Waals surface area contributed by atoms with Gasteiger partial charge in [-0.15, -0.1) is 0 Å². The second-order valence-electron chi connectivity index (χ2n) is 6.41. The van der Waals surface area contributed by atoms with Gasteiger partial charge >= 0.3 is 6.01 Å². The maximum Gasteiger partial charge on any atom is 0.359 e. The lowest BCUT2D eigenvalue weighted by atomic mass is 9.97. The van der Waals surface area contributed by atoms with Crippen LogP contribution in [0.4, 0.5) is 8.78 Å². The summed E-state index contributed by atoms with van der Waals surface area (Å²) in [5.74, 6) is -1.26. The lowest BCUT2D eigenvalue weighted by Crippen LogP contribution is -2.39. The summed E-state index contributed by atoms with van der Waals surface area (Å²) in [5, 5.41) is 3.74. The number of pyridine rings is 1. The van der Waals surface area contributed by atoms with Crippen molar-refractivity contribution in [3.05, 3.63) is 65.8 Å². The highest BCUT2D eigenvalue weighted by atomic mass is 19.1. The normalized spacial score (nSPS) is 16.8. The Morgan fingerprint density at radius 1 is 1.21 bits per heavy atom. The minimum atomic E-state index is -0.638.